The second kappa shape index (κ2) is 6.36. The molecular weight excluding hydrogens is 258 g/mol. The summed E-state index contributed by atoms with van der Waals surface area (Å²) in [6.45, 7) is 0.674. The number of nitrogens with one attached hydrogen (secondary N) is 1. The molecule has 1 aliphatic carbocycles. The third-order valence-electron chi connectivity index (χ3n) is 3.82. The van der Waals surface area contributed by atoms with Crippen LogP contribution in [0.2, 0.25) is 0 Å². The normalized spacial score (nSPS) is 15.2. The van der Waals surface area contributed by atoms with Crippen molar-refractivity contribution in [2.24, 2.45) is 11.7 Å². The van der Waals surface area contributed by atoms with Gasteiger partial charge in [-0.3, -0.25) is 14.9 Å². The number of carbonyl (C=O) groups excluding carboxylic acids is 1. The van der Waals surface area contributed by atoms with E-state index in [9.17, 15) is 14.9 Å². The molecule has 2 rings (SSSR count). The Morgan fingerprint density at radius 2 is 2.10 bits per heavy atom. The molecule has 0 aliphatic heterocycles. The summed E-state index contributed by atoms with van der Waals surface area (Å²) in [4.78, 5) is 21.7. The summed E-state index contributed by atoms with van der Waals surface area (Å²) in [5.41, 5.74) is 5.82. The molecule has 0 unspecified atom stereocenters. The molecule has 0 bridgehead atoms. The van der Waals surface area contributed by atoms with Gasteiger partial charge in [0, 0.05) is 18.2 Å². The molecule has 6 nitrogen and oxygen atoms in total. The van der Waals surface area contributed by atoms with E-state index in [2.05, 4.69) is 5.32 Å². The molecule has 0 aromatic heterocycles. The van der Waals surface area contributed by atoms with Gasteiger partial charge in [0.2, 0.25) is 5.91 Å². The maximum absolute atomic E-state index is 11.1. The fraction of sp³-hybridized carbons (Fsp3) is 0.500. The average Bonchev–Trinajstić information content (AvgIpc) is 2.91. The molecule has 108 valence electrons. The largest absolute Gasteiger partial charge is 0.379 e. The summed E-state index contributed by atoms with van der Waals surface area (Å²) in [5.74, 6) is 0.125. The fourth-order valence-electron chi connectivity index (χ4n) is 2.70. The van der Waals surface area contributed by atoms with Crippen molar-refractivity contribution >= 4 is 17.3 Å². The number of hydrogen-bond acceptors (Lipinski definition) is 4. The Hall–Kier alpha value is -2.11. The predicted molar refractivity (Wildman–Crippen MR) is 76.7 cm³/mol. The number of nitro groups is 1. The molecule has 1 aromatic rings. The summed E-state index contributed by atoms with van der Waals surface area (Å²) in [6.07, 6.45) is 6.04. The van der Waals surface area contributed by atoms with Crippen molar-refractivity contribution in [3.05, 3.63) is 33.9 Å². The summed E-state index contributed by atoms with van der Waals surface area (Å²) in [5, 5.41) is 14.0. The maximum atomic E-state index is 11.1. The molecular formula is C14H19N3O3. The van der Waals surface area contributed by atoms with Gasteiger partial charge in [0.05, 0.1) is 4.92 Å². The van der Waals surface area contributed by atoms with Gasteiger partial charge in [-0.2, -0.15) is 0 Å². The zero-order valence-corrected chi connectivity index (χ0v) is 11.3. The molecule has 0 heterocycles. The molecule has 0 atom stereocenters. The zero-order chi connectivity index (χ0) is 14.5. The van der Waals surface area contributed by atoms with Crippen LogP contribution in [0.5, 0.6) is 0 Å². The van der Waals surface area contributed by atoms with Crippen molar-refractivity contribution in [3.63, 3.8) is 0 Å². The van der Waals surface area contributed by atoms with Crippen LogP contribution in [-0.2, 0) is 0 Å². The number of nitro benzene ring substituents is 1. The second-order valence-corrected chi connectivity index (χ2v) is 5.22. The van der Waals surface area contributed by atoms with E-state index < -0.39 is 10.8 Å². The lowest BCUT2D eigenvalue weighted by Crippen LogP contribution is -2.13. The van der Waals surface area contributed by atoms with Gasteiger partial charge < -0.3 is 11.1 Å². The highest BCUT2D eigenvalue weighted by molar-refractivity contribution is 5.94. The van der Waals surface area contributed by atoms with E-state index >= 15 is 0 Å². The SMILES string of the molecule is NC(=O)c1ccc([N+](=O)[O-])c(NCCC2CCCC2)c1. The van der Waals surface area contributed by atoms with Crippen molar-refractivity contribution in [3.8, 4) is 0 Å². The van der Waals surface area contributed by atoms with Crippen molar-refractivity contribution < 1.29 is 9.72 Å². The van der Waals surface area contributed by atoms with E-state index in [1.807, 2.05) is 0 Å². The monoisotopic (exact) mass is 277 g/mol. The first-order valence-corrected chi connectivity index (χ1v) is 6.90. The van der Waals surface area contributed by atoms with Crippen LogP contribution >= 0.6 is 0 Å². The highest BCUT2D eigenvalue weighted by atomic mass is 16.6. The van der Waals surface area contributed by atoms with E-state index in [4.69, 9.17) is 5.73 Å². The number of nitrogens with two attached hydrogens (primary N) is 1. The van der Waals surface area contributed by atoms with Crippen LogP contribution < -0.4 is 11.1 Å². The van der Waals surface area contributed by atoms with E-state index in [1.54, 1.807) is 0 Å². The lowest BCUT2D eigenvalue weighted by molar-refractivity contribution is -0.384. The topological polar surface area (TPSA) is 98.3 Å². The van der Waals surface area contributed by atoms with Gasteiger partial charge in [-0.05, 0) is 24.5 Å². The molecule has 0 radical (unpaired) electrons. The quantitative estimate of drug-likeness (QED) is 0.617. The molecule has 6 heteroatoms. The van der Waals surface area contributed by atoms with Crippen LogP contribution in [0.25, 0.3) is 0 Å². The van der Waals surface area contributed by atoms with Crippen LogP contribution in [0.15, 0.2) is 18.2 Å². The highest BCUT2D eigenvalue weighted by Crippen LogP contribution is 2.29. The zero-order valence-electron chi connectivity index (χ0n) is 11.3. The summed E-state index contributed by atoms with van der Waals surface area (Å²) < 4.78 is 0. The Bertz CT molecular complexity index is 510. The number of carbonyl (C=O) groups is 1. The number of benzene rings is 1. The van der Waals surface area contributed by atoms with Gasteiger partial charge in [-0.25, -0.2) is 0 Å². The number of nitrogens with zero attached hydrogens (tertiary/aromatic N) is 1. The Morgan fingerprint density at radius 1 is 1.40 bits per heavy atom. The van der Waals surface area contributed by atoms with E-state index in [0.29, 0.717) is 18.2 Å². The van der Waals surface area contributed by atoms with Crippen LogP contribution in [0.1, 0.15) is 42.5 Å². The van der Waals surface area contributed by atoms with Gasteiger partial charge >= 0.3 is 0 Å². The fourth-order valence-corrected chi connectivity index (χ4v) is 2.70. The Labute approximate surface area is 117 Å². The second-order valence-electron chi connectivity index (χ2n) is 5.22. The third-order valence-corrected chi connectivity index (χ3v) is 3.82. The minimum atomic E-state index is -0.584. The smallest absolute Gasteiger partial charge is 0.292 e. The molecule has 3 N–H and O–H groups in total. The predicted octanol–water partition coefficient (Wildman–Crippen LogP) is 2.69. The molecule has 20 heavy (non-hydrogen) atoms. The van der Waals surface area contributed by atoms with Crippen LogP contribution in [-0.4, -0.2) is 17.4 Å². The highest BCUT2D eigenvalue weighted by Gasteiger charge is 2.17. The molecule has 0 saturated heterocycles. The maximum Gasteiger partial charge on any atom is 0.292 e. The van der Waals surface area contributed by atoms with Gasteiger partial charge in [0.15, 0.2) is 0 Å². The first-order chi connectivity index (χ1) is 9.58. The van der Waals surface area contributed by atoms with Crippen LogP contribution in [0.3, 0.4) is 0 Å². The number of anilines is 1. The molecule has 1 amide bonds. The van der Waals surface area contributed by atoms with Crippen LogP contribution in [0, 0.1) is 16.0 Å². The standard InChI is InChI=1S/C14H19N3O3/c15-14(18)11-5-6-13(17(19)20)12(9-11)16-8-7-10-3-1-2-4-10/h5-6,9-10,16H,1-4,7-8H2,(H2,15,18). The lowest BCUT2D eigenvalue weighted by atomic mass is 10.0. The first kappa shape index (κ1) is 14.3. The summed E-state index contributed by atoms with van der Waals surface area (Å²) in [6, 6.07) is 4.15. The number of rotatable bonds is 6. The average molecular weight is 277 g/mol. The Morgan fingerprint density at radius 3 is 2.70 bits per heavy atom. The van der Waals surface area contributed by atoms with Gasteiger partial charge in [-0.1, -0.05) is 25.7 Å². The Balaban J connectivity index is 2.04. The lowest BCUT2D eigenvalue weighted by Gasteiger charge is -2.11. The molecule has 1 aliphatic rings. The van der Waals surface area contributed by atoms with Gasteiger partial charge in [0.1, 0.15) is 5.69 Å². The number of amides is 1. The molecule has 1 saturated carbocycles. The van der Waals surface area contributed by atoms with Crippen molar-refractivity contribution in [2.75, 3.05) is 11.9 Å². The summed E-state index contributed by atoms with van der Waals surface area (Å²) in [7, 11) is 0. The Kier molecular flexibility index (Phi) is 4.55. The van der Waals surface area contributed by atoms with Gasteiger partial charge in [0.25, 0.3) is 5.69 Å². The molecule has 1 fully saturated rings. The van der Waals surface area contributed by atoms with Crippen LogP contribution in [0.4, 0.5) is 11.4 Å². The van der Waals surface area contributed by atoms with Crippen molar-refractivity contribution in [2.45, 2.75) is 32.1 Å². The van der Waals surface area contributed by atoms with Crippen molar-refractivity contribution in [1.29, 1.82) is 0 Å². The van der Waals surface area contributed by atoms with Gasteiger partial charge in [-0.15, -0.1) is 0 Å². The molecule has 1 aromatic carbocycles. The first-order valence-electron chi connectivity index (χ1n) is 6.90. The van der Waals surface area contributed by atoms with E-state index in [0.717, 1.165) is 6.42 Å². The minimum Gasteiger partial charge on any atom is -0.379 e. The third kappa shape index (κ3) is 3.46. The minimum absolute atomic E-state index is 0.0265. The number of primary amides is 1. The van der Waals surface area contributed by atoms with E-state index in [-0.39, 0.29) is 11.3 Å². The number of hydrogen-bond donors (Lipinski definition) is 2. The van der Waals surface area contributed by atoms with E-state index in [1.165, 1.54) is 43.9 Å². The van der Waals surface area contributed by atoms with Crippen molar-refractivity contribution in [1.82, 2.24) is 0 Å². The summed E-state index contributed by atoms with van der Waals surface area (Å²) >= 11 is 0. The molecule has 0 spiro atoms.